The fraction of sp³-hybridized carbons (Fsp3) is 0.667. The third-order valence-electron chi connectivity index (χ3n) is 7.96. The molecule has 3 heterocycles. The minimum Gasteiger partial charge on any atom is -0.383 e. The summed E-state index contributed by atoms with van der Waals surface area (Å²) in [5.74, 6) is -0.181. The van der Waals surface area contributed by atoms with Crippen LogP contribution in [0.4, 0.5) is 4.39 Å². The molecule has 0 aliphatic carbocycles. The predicted octanol–water partition coefficient (Wildman–Crippen LogP) is 2.56. The molecule has 6 nitrogen and oxygen atoms in total. The number of likely N-dealkylation sites (tertiary alicyclic amines) is 3. The molecular weight excluding hydrogens is 397 g/mol. The number of amides is 2. The zero-order valence-corrected chi connectivity index (χ0v) is 19.0. The SMILES string of the molecule is CCN1CCC2(CN(CCOC)CC23CCN(C(=O)c2ccc(C)c(F)c2)CC3)C1=O. The maximum atomic E-state index is 14.0. The van der Waals surface area contributed by atoms with Gasteiger partial charge in [0.1, 0.15) is 5.82 Å². The number of piperidine rings is 1. The highest BCUT2D eigenvalue weighted by Crippen LogP contribution is 2.57. The van der Waals surface area contributed by atoms with Gasteiger partial charge in [0, 0.05) is 63.9 Å². The molecule has 3 aliphatic heterocycles. The molecule has 0 N–H and O–H groups in total. The third-order valence-corrected chi connectivity index (χ3v) is 7.96. The molecule has 1 atom stereocenters. The number of methoxy groups -OCH3 is 1. The number of benzene rings is 1. The molecule has 2 spiro atoms. The van der Waals surface area contributed by atoms with E-state index in [1.807, 2.05) is 16.7 Å². The Labute approximate surface area is 184 Å². The molecular formula is C24H34FN3O3. The van der Waals surface area contributed by atoms with E-state index in [1.165, 1.54) is 6.07 Å². The zero-order chi connectivity index (χ0) is 22.2. The van der Waals surface area contributed by atoms with Crippen molar-refractivity contribution >= 4 is 11.8 Å². The lowest BCUT2D eigenvalue weighted by molar-refractivity contribution is -0.141. The van der Waals surface area contributed by atoms with Crippen LogP contribution in [0.5, 0.6) is 0 Å². The second kappa shape index (κ2) is 8.51. The van der Waals surface area contributed by atoms with E-state index in [0.717, 1.165) is 52.0 Å². The van der Waals surface area contributed by atoms with Gasteiger partial charge in [0.05, 0.1) is 12.0 Å². The fourth-order valence-electron chi connectivity index (χ4n) is 6.02. The first-order chi connectivity index (χ1) is 14.9. The van der Waals surface area contributed by atoms with Gasteiger partial charge in [-0.1, -0.05) is 6.07 Å². The molecule has 7 heteroatoms. The van der Waals surface area contributed by atoms with Crippen LogP contribution in [0.2, 0.25) is 0 Å². The van der Waals surface area contributed by atoms with Gasteiger partial charge in [0.25, 0.3) is 5.91 Å². The van der Waals surface area contributed by atoms with Crippen LogP contribution in [0.3, 0.4) is 0 Å². The molecule has 1 unspecified atom stereocenters. The van der Waals surface area contributed by atoms with E-state index in [9.17, 15) is 14.0 Å². The van der Waals surface area contributed by atoms with Gasteiger partial charge in [-0.2, -0.15) is 0 Å². The van der Waals surface area contributed by atoms with E-state index in [4.69, 9.17) is 4.74 Å². The summed E-state index contributed by atoms with van der Waals surface area (Å²) in [5, 5.41) is 0. The van der Waals surface area contributed by atoms with Crippen LogP contribution in [-0.2, 0) is 9.53 Å². The first kappa shape index (κ1) is 22.2. The van der Waals surface area contributed by atoms with Crippen LogP contribution >= 0.6 is 0 Å². The van der Waals surface area contributed by atoms with E-state index in [0.29, 0.717) is 30.8 Å². The lowest BCUT2D eigenvalue weighted by Gasteiger charge is -2.47. The molecule has 4 rings (SSSR count). The van der Waals surface area contributed by atoms with Gasteiger partial charge < -0.3 is 14.5 Å². The fourth-order valence-corrected chi connectivity index (χ4v) is 6.02. The summed E-state index contributed by atoms with van der Waals surface area (Å²) < 4.78 is 19.3. The summed E-state index contributed by atoms with van der Waals surface area (Å²) in [7, 11) is 1.71. The van der Waals surface area contributed by atoms with Crippen molar-refractivity contribution in [3.8, 4) is 0 Å². The van der Waals surface area contributed by atoms with E-state index in [2.05, 4.69) is 4.90 Å². The van der Waals surface area contributed by atoms with Gasteiger partial charge >= 0.3 is 0 Å². The van der Waals surface area contributed by atoms with Crippen molar-refractivity contribution in [2.75, 3.05) is 59.5 Å². The first-order valence-corrected chi connectivity index (χ1v) is 11.4. The summed E-state index contributed by atoms with van der Waals surface area (Å²) in [6.45, 7) is 9.65. The Morgan fingerprint density at radius 3 is 2.52 bits per heavy atom. The molecule has 0 bridgehead atoms. The maximum Gasteiger partial charge on any atom is 0.253 e. The molecule has 31 heavy (non-hydrogen) atoms. The monoisotopic (exact) mass is 431 g/mol. The molecule has 3 aliphatic rings. The van der Waals surface area contributed by atoms with Crippen molar-refractivity contribution in [3.63, 3.8) is 0 Å². The predicted molar refractivity (Wildman–Crippen MR) is 116 cm³/mol. The minimum atomic E-state index is -0.359. The molecule has 0 aromatic heterocycles. The standard InChI is InChI=1S/C24H34FN3O3/c1-4-27-12-9-24(22(27)30)17-26(13-14-31-3)16-23(24)7-10-28(11-8-23)21(29)19-6-5-18(2)20(25)15-19/h5-6,15H,4,7-14,16-17H2,1-3H3. The van der Waals surface area contributed by atoms with Gasteiger partial charge in [-0.3, -0.25) is 14.5 Å². The van der Waals surface area contributed by atoms with Gasteiger partial charge in [-0.15, -0.1) is 0 Å². The highest BCUT2D eigenvalue weighted by Gasteiger charge is 2.64. The van der Waals surface area contributed by atoms with Crippen LogP contribution in [-0.4, -0.2) is 86.0 Å². The Morgan fingerprint density at radius 2 is 1.90 bits per heavy atom. The molecule has 170 valence electrons. The molecule has 3 fully saturated rings. The van der Waals surface area contributed by atoms with Crippen molar-refractivity contribution in [3.05, 3.63) is 35.1 Å². The molecule has 0 saturated carbocycles. The van der Waals surface area contributed by atoms with Gasteiger partial charge in [-0.25, -0.2) is 4.39 Å². The van der Waals surface area contributed by atoms with Crippen molar-refractivity contribution < 1.29 is 18.7 Å². The second-order valence-corrected chi connectivity index (χ2v) is 9.46. The third kappa shape index (κ3) is 3.65. The molecule has 1 aromatic carbocycles. The Kier molecular flexibility index (Phi) is 6.10. The van der Waals surface area contributed by atoms with E-state index >= 15 is 0 Å². The Morgan fingerprint density at radius 1 is 1.16 bits per heavy atom. The summed E-state index contributed by atoms with van der Waals surface area (Å²) in [6, 6.07) is 4.70. The number of halogens is 1. The lowest BCUT2D eigenvalue weighted by atomic mass is 9.60. The average molecular weight is 432 g/mol. The van der Waals surface area contributed by atoms with Gasteiger partial charge in [0.2, 0.25) is 5.91 Å². The lowest BCUT2D eigenvalue weighted by Crippen LogP contribution is -2.53. The van der Waals surface area contributed by atoms with E-state index in [-0.39, 0.29) is 28.5 Å². The second-order valence-electron chi connectivity index (χ2n) is 9.46. The smallest absolute Gasteiger partial charge is 0.253 e. The number of fused-ring (bicyclic) bond motifs is 1. The van der Waals surface area contributed by atoms with Crippen LogP contribution in [0, 0.1) is 23.6 Å². The van der Waals surface area contributed by atoms with Crippen molar-refractivity contribution in [2.24, 2.45) is 10.8 Å². The Bertz CT molecular complexity index is 852. The van der Waals surface area contributed by atoms with Crippen LogP contribution in [0.25, 0.3) is 0 Å². The average Bonchev–Trinajstić information content (AvgIpc) is 3.26. The van der Waals surface area contributed by atoms with Gasteiger partial charge in [-0.05, 0) is 50.8 Å². The van der Waals surface area contributed by atoms with Gasteiger partial charge in [0.15, 0.2) is 0 Å². The number of ether oxygens (including phenoxy) is 1. The number of carbonyl (C=O) groups excluding carboxylic acids is 2. The molecule has 1 aromatic rings. The summed E-state index contributed by atoms with van der Waals surface area (Å²) in [4.78, 5) is 32.7. The molecule has 2 amide bonds. The summed E-state index contributed by atoms with van der Waals surface area (Å²) in [5.41, 5.74) is 0.466. The van der Waals surface area contributed by atoms with Crippen LogP contribution < -0.4 is 0 Å². The van der Waals surface area contributed by atoms with Crippen LogP contribution in [0.15, 0.2) is 18.2 Å². The zero-order valence-electron chi connectivity index (χ0n) is 19.0. The number of hydrogen-bond donors (Lipinski definition) is 0. The minimum absolute atomic E-state index is 0.114. The largest absolute Gasteiger partial charge is 0.383 e. The summed E-state index contributed by atoms with van der Waals surface area (Å²) in [6.07, 6.45) is 2.50. The van der Waals surface area contributed by atoms with Crippen molar-refractivity contribution in [2.45, 2.75) is 33.1 Å². The normalized spacial score (nSPS) is 25.9. The van der Waals surface area contributed by atoms with Crippen LogP contribution in [0.1, 0.15) is 42.1 Å². The highest BCUT2D eigenvalue weighted by atomic mass is 19.1. The Hall–Kier alpha value is -1.99. The van der Waals surface area contributed by atoms with Crippen molar-refractivity contribution in [1.29, 1.82) is 0 Å². The molecule has 0 radical (unpaired) electrons. The number of rotatable bonds is 5. The highest BCUT2D eigenvalue weighted by molar-refractivity contribution is 5.94. The topological polar surface area (TPSA) is 53.1 Å². The molecule has 3 saturated heterocycles. The number of nitrogens with zero attached hydrogens (tertiary/aromatic N) is 3. The summed E-state index contributed by atoms with van der Waals surface area (Å²) >= 11 is 0. The van der Waals surface area contributed by atoms with Crippen molar-refractivity contribution in [1.82, 2.24) is 14.7 Å². The number of aryl methyl sites for hydroxylation is 1. The maximum absolute atomic E-state index is 14.0. The number of hydrogen-bond acceptors (Lipinski definition) is 4. The first-order valence-electron chi connectivity index (χ1n) is 11.4. The van der Waals surface area contributed by atoms with E-state index < -0.39 is 0 Å². The van der Waals surface area contributed by atoms with E-state index in [1.54, 1.807) is 26.2 Å². The Balaban J connectivity index is 1.53. The quantitative estimate of drug-likeness (QED) is 0.719. The number of carbonyl (C=O) groups is 2.